The van der Waals surface area contributed by atoms with Crippen molar-refractivity contribution in [3.8, 4) is 0 Å². The molecule has 0 amide bonds. The van der Waals surface area contributed by atoms with E-state index in [0.29, 0.717) is 0 Å². The number of hydrogen-bond acceptors (Lipinski definition) is 2. The number of hydrogen-bond donors (Lipinski definition) is 1. The van der Waals surface area contributed by atoms with Gasteiger partial charge in [0.25, 0.3) is 0 Å². The largest absolute Gasteiger partial charge is 0.373 e. The monoisotopic (exact) mass is 155 g/mol. The summed E-state index contributed by atoms with van der Waals surface area (Å²) in [5.41, 5.74) is 0.251. The van der Waals surface area contributed by atoms with Crippen LogP contribution in [0.1, 0.15) is 26.2 Å². The normalized spacial score (nSPS) is 43.9. The zero-order chi connectivity index (χ0) is 7.73. The summed E-state index contributed by atoms with van der Waals surface area (Å²) in [4.78, 5) is 0. The van der Waals surface area contributed by atoms with Gasteiger partial charge in [0.15, 0.2) is 0 Å². The van der Waals surface area contributed by atoms with Gasteiger partial charge in [-0.3, -0.25) is 0 Å². The Hall–Kier alpha value is -0.0800. The van der Waals surface area contributed by atoms with E-state index in [2.05, 4.69) is 12.2 Å². The number of nitrogens with one attached hydrogen (secondary N) is 1. The maximum atomic E-state index is 5.84. The summed E-state index contributed by atoms with van der Waals surface area (Å²) in [6.45, 7) is 5.49. The molecule has 0 aromatic rings. The molecule has 2 nitrogen and oxygen atoms in total. The van der Waals surface area contributed by atoms with Crippen LogP contribution in [-0.2, 0) is 4.74 Å². The van der Waals surface area contributed by atoms with Crippen molar-refractivity contribution < 1.29 is 4.74 Å². The van der Waals surface area contributed by atoms with Crippen LogP contribution in [0, 0.1) is 5.92 Å². The molecule has 2 aliphatic heterocycles. The summed E-state index contributed by atoms with van der Waals surface area (Å²) in [7, 11) is 0. The van der Waals surface area contributed by atoms with Crippen LogP contribution in [0.15, 0.2) is 0 Å². The lowest BCUT2D eigenvalue weighted by Crippen LogP contribution is -2.30. The highest BCUT2D eigenvalue weighted by Gasteiger charge is 2.41. The van der Waals surface area contributed by atoms with Crippen molar-refractivity contribution in [3.63, 3.8) is 0 Å². The topological polar surface area (TPSA) is 21.3 Å². The maximum absolute atomic E-state index is 5.84. The van der Waals surface area contributed by atoms with E-state index in [1.807, 2.05) is 0 Å². The molecule has 0 aliphatic carbocycles. The molecule has 2 saturated heterocycles. The van der Waals surface area contributed by atoms with E-state index in [1.54, 1.807) is 0 Å². The Morgan fingerprint density at radius 2 is 2.55 bits per heavy atom. The second-order valence-corrected chi connectivity index (χ2v) is 3.90. The highest BCUT2D eigenvalue weighted by atomic mass is 16.5. The first-order valence-electron chi connectivity index (χ1n) is 4.69. The molecule has 64 valence electrons. The van der Waals surface area contributed by atoms with Crippen LogP contribution in [0.2, 0.25) is 0 Å². The molecule has 1 spiro atoms. The fourth-order valence-electron chi connectivity index (χ4n) is 2.22. The Labute approximate surface area is 68.3 Å². The van der Waals surface area contributed by atoms with Crippen molar-refractivity contribution >= 4 is 0 Å². The first-order valence-corrected chi connectivity index (χ1v) is 4.69. The van der Waals surface area contributed by atoms with Crippen molar-refractivity contribution in [1.82, 2.24) is 5.32 Å². The lowest BCUT2D eigenvalue weighted by atomic mass is 9.92. The van der Waals surface area contributed by atoms with Crippen molar-refractivity contribution in [2.75, 3.05) is 19.7 Å². The summed E-state index contributed by atoms with van der Waals surface area (Å²) < 4.78 is 5.84. The first-order chi connectivity index (χ1) is 5.35. The van der Waals surface area contributed by atoms with Crippen LogP contribution in [0.4, 0.5) is 0 Å². The van der Waals surface area contributed by atoms with E-state index in [4.69, 9.17) is 4.74 Å². The molecular formula is C9H17NO. The van der Waals surface area contributed by atoms with Crippen LogP contribution in [0.3, 0.4) is 0 Å². The Morgan fingerprint density at radius 3 is 3.09 bits per heavy atom. The quantitative estimate of drug-likeness (QED) is 0.613. The molecular weight excluding hydrogens is 138 g/mol. The standard InChI is InChI=1S/C9H17NO/c1-2-8-5-9(11-6-8)3-4-10-7-9/h8,10H,2-7H2,1H3. The minimum Gasteiger partial charge on any atom is -0.373 e. The van der Waals surface area contributed by atoms with E-state index in [-0.39, 0.29) is 5.60 Å². The molecule has 0 bridgehead atoms. The molecule has 0 saturated carbocycles. The third-order valence-corrected chi connectivity index (χ3v) is 3.07. The van der Waals surface area contributed by atoms with Crippen LogP contribution in [0.5, 0.6) is 0 Å². The number of rotatable bonds is 1. The zero-order valence-electron chi connectivity index (χ0n) is 7.23. The molecule has 2 aliphatic rings. The van der Waals surface area contributed by atoms with Crippen LogP contribution >= 0.6 is 0 Å². The van der Waals surface area contributed by atoms with E-state index in [0.717, 1.165) is 25.6 Å². The van der Waals surface area contributed by atoms with E-state index in [1.165, 1.54) is 19.3 Å². The Bertz CT molecular complexity index is 140. The van der Waals surface area contributed by atoms with Crippen molar-refractivity contribution in [2.24, 2.45) is 5.92 Å². The predicted octanol–water partition coefficient (Wildman–Crippen LogP) is 1.17. The van der Waals surface area contributed by atoms with Gasteiger partial charge in [-0.25, -0.2) is 0 Å². The Kier molecular flexibility index (Phi) is 1.90. The molecule has 2 rings (SSSR count). The molecule has 2 heterocycles. The van der Waals surface area contributed by atoms with Crippen LogP contribution in [-0.4, -0.2) is 25.3 Å². The molecule has 2 fully saturated rings. The first kappa shape index (κ1) is 7.56. The van der Waals surface area contributed by atoms with Crippen LogP contribution < -0.4 is 5.32 Å². The summed E-state index contributed by atoms with van der Waals surface area (Å²) in [6.07, 6.45) is 3.79. The van der Waals surface area contributed by atoms with E-state index >= 15 is 0 Å². The summed E-state index contributed by atoms with van der Waals surface area (Å²) in [5.74, 6) is 0.829. The molecule has 0 radical (unpaired) electrons. The predicted molar refractivity (Wildman–Crippen MR) is 44.6 cm³/mol. The third-order valence-electron chi connectivity index (χ3n) is 3.07. The van der Waals surface area contributed by atoms with Gasteiger partial charge in [0, 0.05) is 6.54 Å². The fraction of sp³-hybridized carbons (Fsp3) is 1.00. The van der Waals surface area contributed by atoms with E-state index in [9.17, 15) is 0 Å². The average Bonchev–Trinajstić information content (AvgIpc) is 2.62. The zero-order valence-corrected chi connectivity index (χ0v) is 7.23. The van der Waals surface area contributed by atoms with Gasteiger partial charge >= 0.3 is 0 Å². The lowest BCUT2D eigenvalue weighted by molar-refractivity contribution is 0.0203. The molecule has 2 atom stereocenters. The van der Waals surface area contributed by atoms with Gasteiger partial charge in [-0.05, 0) is 25.3 Å². The summed E-state index contributed by atoms with van der Waals surface area (Å²) in [5, 5.41) is 3.37. The Morgan fingerprint density at radius 1 is 1.64 bits per heavy atom. The number of ether oxygens (including phenoxy) is 1. The lowest BCUT2D eigenvalue weighted by Gasteiger charge is -2.20. The molecule has 2 unspecified atom stereocenters. The smallest absolute Gasteiger partial charge is 0.0821 e. The van der Waals surface area contributed by atoms with Gasteiger partial charge in [-0.15, -0.1) is 0 Å². The second kappa shape index (κ2) is 2.76. The van der Waals surface area contributed by atoms with Crippen molar-refractivity contribution in [2.45, 2.75) is 31.8 Å². The molecule has 0 aromatic heterocycles. The van der Waals surface area contributed by atoms with Gasteiger partial charge in [0.05, 0.1) is 12.2 Å². The Balaban J connectivity index is 1.96. The minimum atomic E-state index is 0.251. The van der Waals surface area contributed by atoms with Crippen molar-refractivity contribution in [1.29, 1.82) is 0 Å². The van der Waals surface area contributed by atoms with Gasteiger partial charge in [0.1, 0.15) is 0 Å². The summed E-state index contributed by atoms with van der Waals surface area (Å²) >= 11 is 0. The summed E-state index contributed by atoms with van der Waals surface area (Å²) in [6, 6.07) is 0. The molecule has 2 heteroatoms. The van der Waals surface area contributed by atoms with Crippen molar-refractivity contribution in [3.05, 3.63) is 0 Å². The van der Waals surface area contributed by atoms with Gasteiger partial charge < -0.3 is 10.1 Å². The maximum Gasteiger partial charge on any atom is 0.0821 e. The highest BCUT2D eigenvalue weighted by Crippen LogP contribution is 2.35. The van der Waals surface area contributed by atoms with Gasteiger partial charge in [-0.2, -0.15) is 0 Å². The second-order valence-electron chi connectivity index (χ2n) is 3.90. The van der Waals surface area contributed by atoms with Crippen LogP contribution in [0.25, 0.3) is 0 Å². The molecule has 1 N–H and O–H groups in total. The molecule has 0 aromatic carbocycles. The highest BCUT2D eigenvalue weighted by molar-refractivity contribution is 4.95. The minimum absolute atomic E-state index is 0.251. The SMILES string of the molecule is CCC1COC2(CCNC2)C1. The molecule has 11 heavy (non-hydrogen) atoms. The van der Waals surface area contributed by atoms with Gasteiger partial charge in [-0.1, -0.05) is 13.3 Å². The average molecular weight is 155 g/mol. The third kappa shape index (κ3) is 1.30. The van der Waals surface area contributed by atoms with E-state index < -0.39 is 0 Å². The fourth-order valence-corrected chi connectivity index (χ4v) is 2.22. The van der Waals surface area contributed by atoms with Gasteiger partial charge in [0.2, 0.25) is 0 Å².